The topological polar surface area (TPSA) is 119 Å². The van der Waals surface area contributed by atoms with Crippen molar-refractivity contribution in [1.29, 1.82) is 0 Å². The first-order valence-corrected chi connectivity index (χ1v) is 12.4. The number of pyridine rings is 1. The summed E-state index contributed by atoms with van der Waals surface area (Å²) in [5.41, 5.74) is 11.6. The number of benzene rings is 2. The molecule has 5 aromatic rings. The number of morpholine rings is 1. The fourth-order valence-electron chi connectivity index (χ4n) is 4.74. The minimum atomic E-state index is -0.351. The van der Waals surface area contributed by atoms with Crippen molar-refractivity contribution in [1.82, 2.24) is 30.0 Å². The minimum absolute atomic E-state index is 0.105. The Balaban J connectivity index is 1.49. The summed E-state index contributed by atoms with van der Waals surface area (Å²) in [5, 5.41) is 7.13. The summed E-state index contributed by atoms with van der Waals surface area (Å²) in [5.74, 6) is -0.531. The number of ether oxygens (including phenoxy) is 1. The summed E-state index contributed by atoms with van der Waals surface area (Å²) < 4.78 is 21.2. The van der Waals surface area contributed by atoms with E-state index in [1.807, 2.05) is 31.2 Å². The molecule has 0 spiro atoms. The number of aromatic nitrogens is 4. The molecular formula is C28H26FN7O2. The van der Waals surface area contributed by atoms with Gasteiger partial charge in [-0.1, -0.05) is 6.07 Å². The smallest absolute Gasteiger partial charge is 0.271 e. The third-order valence-corrected chi connectivity index (χ3v) is 6.71. The van der Waals surface area contributed by atoms with Crippen molar-refractivity contribution in [2.75, 3.05) is 32.0 Å². The maximum Gasteiger partial charge on any atom is 0.271 e. The number of fused-ring (bicyclic) bond motifs is 2. The van der Waals surface area contributed by atoms with Crippen molar-refractivity contribution in [3.8, 4) is 22.5 Å². The molecule has 0 saturated carbocycles. The molecule has 192 valence electrons. The molecular weight excluding hydrogens is 485 g/mol. The summed E-state index contributed by atoms with van der Waals surface area (Å²) >= 11 is 0. The highest BCUT2D eigenvalue weighted by Gasteiger charge is 2.22. The lowest BCUT2D eigenvalue weighted by atomic mass is 10.0. The number of aryl methyl sites for hydroxylation is 1. The SMILES string of the molecule is Cc1ccnc2ccc(-c3c(-c4ccc(F)cc4)nc(N)c4nc(C(=O)NCC5CNCCO5)cn34)cc12. The second kappa shape index (κ2) is 9.81. The number of rotatable bonds is 5. The van der Waals surface area contributed by atoms with Crippen LogP contribution in [0.2, 0.25) is 0 Å². The lowest BCUT2D eigenvalue weighted by molar-refractivity contribution is 0.0287. The number of carbonyl (C=O) groups is 1. The number of halogens is 1. The van der Waals surface area contributed by atoms with Gasteiger partial charge in [0.2, 0.25) is 0 Å². The fraction of sp³-hybridized carbons (Fsp3) is 0.214. The number of anilines is 1. The Bertz CT molecular complexity index is 1660. The monoisotopic (exact) mass is 511 g/mol. The molecule has 0 bridgehead atoms. The van der Waals surface area contributed by atoms with Crippen LogP contribution in [0.1, 0.15) is 16.1 Å². The van der Waals surface area contributed by atoms with Crippen LogP contribution in [0.25, 0.3) is 39.1 Å². The van der Waals surface area contributed by atoms with E-state index in [-0.39, 0.29) is 29.3 Å². The van der Waals surface area contributed by atoms with E-state index in [2.05, 4.69) is 25.6 Å². The summed E-state index contributed by atoms with van der Waals surface area (Å²) in [7, 11) is 0. The molecule has 9 nitrogen and oxygen atoms in total. The predicted octanol–water partition coefficient (Wildman–Crippen LogP) is 3.36. The largest absolute Gasteiger partial charge is 0.381 e. The highest BCUT2D eigenvalue weighted by atomic mass is 19.1. The van der Waals surface area contributed by atoms with E-state index in [4.69, 9.17) is 10.5 Å². The van der Waals surface area contributed by atoms with Gasteiger partial charge in [-0.3, -0.25) is 14.2 Å². The molecule has 4 heterocycles. The first kappa shape index (κ1) is 24.0. The quantitative estimate of drug-likeness (QED) is 0.331. The molecule has 1 saturated heterocycles. The molecule has 4 N–H and O–H groups in total. The number of nitrogen functional groups attached to an aromatic ring is 1. The third-order valence-electron chi connectivity index (χ3n) is 6.71. The van der Waals surface area contributed by atoms with Crippen molar-refractivity contribution in [3.05, 3.63) is 78.0 Å². The van der Waals surface area contributed by atoms with Crippen LogP contribution in [0.4, 0.5) is 10.2 Å². The van der Waals surface area contributed by atoms with Crippen molar-refractivity contribution in [2.24, 2.45) is 0 Å². The summed E-state index contributed by atoms with van der Waals surface area (Å²) in [6.45, 7) is 4.46. The van der Waals surface area contributed by atoms with Gasteiger partial charge in [-0.25, -0.2) is 14.4 Å². The van der Waals surface area contributed by atoms with Crippen molar-refractivity contribution in [2.45, 2.75) is 13.0 Å². The number of amides is 1. The van der Waals surface area contributed by atoms with Crippen molar-refractivity contribution in [3.63, 3.8) is 0 Å². The van der Waals surface area contributed by atoms with Gasteiger partial charge in [0, 0.05) is 48.5 Å². The Morgan fingerprint density at radius 3 is 2.79 bits per heavy atom. The molecule has 0 aliphatic carbocycles. The molecule has 1 aliphatic rings. The van der Waals surface area contributed by atoms with E-state index in [1.54, 1.807) is 28.9 Å². The van der Waals surface area contributed by atoms with Crippen LogP contribution in [0, 0.1) is 12.7 Å². The third kappa shape index (κ3) is 4.44. The molecule has 10 heteroatoms. The van der Waals surface area contributed by atoms with Crippen LogP contribution in [-0.2, 0) is 4.74 Å². The summed E-state index contributed by atoms with van der Waals surface area (Å²) in [4.78, 5) is 26.7. The average Bonchev–Trinajstić information content (AvgIpc) is 3.39. The van der Waals surface area contributed by atoms with Crippen LogP contribution in [0.15, 0.2) is 60.9 Å². The normalized spacial score (nSPS) is 15.7. The van der Waals surface area contributed by atoms with Gasteiger partial charge < -0.3 is 21.1 Å². The lowest BCUT2D eigenvalue weighted by Crippen LogP contribution is -2.45. The van der Waals surface area contributed by atoms with E-state index in [0.717, 1.165) is 28.6 Å². The van der Waals surface area contributed by atoms with Crippen LogP contribution < -0.4 is 16.4 Å². The number of nitrogens with one attached hydrogen (secondary N) is 2. The van der Waals surface area contributed by atoms with Gasteiger partial charge in [-0.2, -0.15) is 0 Å². The summed E-state index contributed by atoms with van der Waals surface area (Å²) in [6.07, 6.45) is 3.33. The molecule has 3 aromatic heterocycles. The summed E-state index contributed by atoms with van der Waals surface area (Å²) in [6, 6.07) is 13.9. The minimum Gasteiger partial charge on any atom is -0.381 e. The maximum absolute atomic E-state index is 13.8. The second-order valence-corrected chi connectivity index (χ2v) is 9.29. The van der Waals surface area contributed by atoms with Gasteiger partial charge in [0.1, 0.15) is 11.5 Å². The number of imidazole rings is 1. The van der Waals surface area contributed by atoms with E-state index < -0.39 is 0 Å². The van der Waals surface area contributed by atoms with Gasteiger partial charge in [0.25, 0.3) is 5.91 Å². The zero-order valence-corrected chi connectivity index (χ0v) is 20.7. The molecule has 1 amide bonds. The van der Waals surface area contributed by atoms with E-state index in [0.29, 0.717) is 42.3 Å². The Morgan fingerprint density at radius 2 is 2.00 bits per heavy atom. The van der Waals surface area contributed by atoms with Crippen LogP contribution >= 0.6 is 0 Å². The lowest BCUT2D eigenvalue weighted by Gasteiger charge is -2.23. The number of nitrogens with two attached hydrogens (primary N) is 1. The number of nitrogens with zero attached hydrogens (tertiary/aromatic N) is 4. The van der Waals surface area contributed by atoms with E-state index in [1.165, 1.54) is 12.1 Å². The second-order valence-electron chi connectivity index (χ2n) is 9.29. The van der Waals surface area contributed by atoms with Crippen molar-refractivity contribution >= 4 is 28.3 Å². The zero-order chi connectivity index (χ0) is 26.2. The molecule has 1 unspecified atom stereocenters. The average molecular weight is 512 g/mol. The Morgan fingerprint density at radius 1 is 1.18 bits per heavy atom. The molecule has 1 fully saturated rings. The van der Waals surface area contributed by atoms with Gasteiger partial charge in [0.15, 0.2) is 11.5 Å². The maximum atomic E-state index is 13.8. The molecule has 6 rings (SSSR count). The Kier molecular flexibility index (Phi) is 6.18. The highest BCUT2D eigenvalue weighted by Crippen LogP contribution is 2.35. The number of hydrogen-bond donors (Lipinski definition) is 3. The molecule has 1 aliphatic heterocycles. The first-order chi connectivity index (χ1) is 18.5. The zero-order valence-electron chi connectivity index (χ0n) is 20.7. The molecule has 0 radical (unpaired) electrons. The Labute approximate surface area is 217 Å². The highest BCUT2D eigenvalue weighted by molar-refractivity contribution is 5.95. The molecule has 1 atom stereocenters. The van der Waals surface area contributed by atoms with Crippen LogP contribution in [0.5, 0.6) is 0 Å². The first-order valence-electron chi connectivity index (χ1n) is 12.4. The number of hydrogen-bond acceptors (Lipinski definition) is 7. The van der Waals surface area contributed by atoms with Gasteiger partial charge in [-0.05, 0) is 55.0 Å². The van der Waals surface area contributed by atoms with Gasteiger partial charge in [0.05, 0.1) is 29.6 Å². The fourth-order valence-corrected chi connectivity index (χ4v) is 4.74. The predicted molar refractivity (Wildman–Crippen MR) is 143 cm³/mol. The van der Waals surface area contributed by atoms with Gasteiger partial charge in [-0.15, -0.1) is 0 Å². The Hall–Kier alpha value is -4.41. The van der Waals surface area contributed by atoms with E-state index in [9.17, 15) is 9.18 Å². The van der Waals surface area contributed by atoms with Gasteiger partial charge >= 0.3 is 0 Å². The standard InChI is InChI=1S/C28H26FN7O2/c1-16-8-9-32-22-7-4-18(12-21(16)22)25-24(17-2-5-19(29)6-3-17)35-26(30)27-34-23(15-36(25)27)28(37)33-14-20-13-31-10-11-38-20/h2-9,12,15,20,31H,10-11,13-14H2,1H3,(H2,30,35)(H,33,37). The number of carbonyl (C=O) groups excluding carboxylic acids is 1. The van der Waals surface area contributed by atoms with Crippen molar-refractivity contribution < 1.29 is 13.9 Å². The van der Waals surface area contributed by atoms with Crippen LogP contribution in [-0.4, -0.2) is 57.6 Å². The van der Waals surface area contributed by atoms with Crippen LogP contribution in [0.3, 0.4) is 0 Å². The van der Waals surface area contributed by atoms with E-state index >= 15 is 0 Å². The molecule has 38 heavy (non-hydrogen) atoms. The molecule has 2 aromatic carbocycles.